The highest BCUT2D eigenvalue weighted by molar-refractivity contribution is 7.99. The average molecular weight is 353 g/mol. The molecule has 0 fully saturated rings. The van der Waals surface area contributed by atoms with Crippen LogP contribution in [0, 0.1) is 6.92 Å². The van der Waals surface area contributed by atoms with Crippen LogP contribution in [-0.2, 0) is 10.5 Å². The summed E-state index contributed by atoms with van der Waals surface area (Å²) in [7, 11) is 0. The third-order valence-electron chi connectivity index (χ3n) is 3.61. The Morgan fingerprint density at radius 2 is 2.00 bits per heavy atom. The summed E-state index contributed by atoms with van der Waals surface area (Å²) < 4.78 is 5.27. The zero-order valence-corrected chi connectivity index (χ0v) is 14.9. The van der Waals surface area contributed by atoms with Crippen LogP contribution < -0.4 is 5.32 Å². The predicted molar refractivity (Wildman–Crippen MR) is 100 cm³/mol. The van der Waals surface area contributed by atoms with Gasteiger partial charge in [-0.2, -0.15) is 4.98 Å². The maximum Gasteiger partial charge on any atom is 0.237 e. The lowest BCUT2D eigenvalue weighted by molar-refractivity contribution is -0.115. The number of hydrogen-bond donors (Lipinski definition) is 1. The average Bonchev–Trinajstić information content (AvgIpc) is 3.09. The van der Waals surface area contributed by atoms with Crippen molar-refractivity contribution < 1.29 is 9.32 Å². The van der Waals surface area contributed by atoms with Crippen molar-refractivity contribution in [1.29, 1.82) is 0 Å². The first-order chi connectivity index (χ1) is 12.1. The van der Waals surface area contributed by atoms with E-state index in [1.54, 1.807) is 0 Å². The summed E-state index contributed by atoms with van der Waals surface area (Å²) in [5.74, 6) is 1.52. The van der Waals surface area contributed by atoms with Crippen LogP contribution in [0.1, 0.15) is 18.4 Å². The largest absolute Gasteiger partial charge is 0.338 e. The molecular weight excluding hydrogens is 334 g/mol. The van der Waals surface area contributed by atoms with Crippen molar-refractivity contribution >= 4 is 23.4 Å². The van der Waals surface area contributed by atoms with E-state index in [1.165, 1.54) is 11.8 Å². The van der Waals surface area contributed by atoms with Crippen LogP contribution in [-0.4, -0.2) is 21.3 Å². The van der Waals surface area contributed by atoms with E-state index < -0.39 is 0 Å². The molecule has 3 rings (SSSR count). The zero-order valence-electron chi connectivity index (χ0n) is 14.1. The number of aryl methyl sites for hydroxylation is 1. The number of carbonyl (C=O) groups is 1. The van der Waals surface area contributed by atoms with Gasteiger partial charge in [0.25, 0.3) is 0 Å². The van der Waals surface area contributed by atoms with Gasteiger partial charge in [-0.15, -0.1) is 11.8 Å². The van der Waals surface area contributed by atoms with Gasteiger partial charge in [0.05, 0.1) is 11.0 Å². The highest BCUT2D eigenvalue weighted by Gasteiger charge is 2.16. The van der Waals surface area contributed by atoms with Gasteiger partial charge >= 0.3 is 0 Å². The molecule has 128 valence electrons. The van der Waals surface area contributed by atoms with Crippen molar-refractivity contribution in [3.8, 4) is 11.4 Å². The molecule has 1 aromatic heterocycles. The van der Waals surface area contributed by atoms with E-state index in [9.17, 15) is 4.79 Å². The van der Waals surface area contributed by atoms with Crippen LogP contribution >= 0.6 is 11.8 Å². The number of nitrogens with zero attached hydrogens (tertiary/aromatic N) is 2. The van der Waals surface area contributed by atoms with E-state index in [0.29, 0.717) is 17.5 Å². The highest BCUT2D eigenvalue weighted by Crippen LogP contribution is 2.21. The number of carbonyl (C=O) groups excluding carboxylic acids is 1. The summed E-state index contributed by atoms with van der Waals surface area (Å²) in [6, 6.07) is 17.4. The van der Waals surface area contributed by atoms with E-state index in [-0.39, 0.29) is 11.2 Å². The second-order valence-electron chi connectivity index (χ2n) is 5.69. The topological polar surface area (TPSA) is 68.0 Å². The quantitative estimate of drug-likeness (QED) is 0.715. The molecule has 1 amide bonds. The molecule has 2 aromatic carbocycles. The van der Waals surface area contributed by atoms with Gasteiger partial charge in [-0.3, -0.25) is 4.79 Å². The number of benzene rings is 2. The Balaban J connectivity index is 1.54. The monoisotopic (exact) mass is 353 g/mol. The first kappa shape index (κ1) is 17.2. The van der Waals surface area contributed by atoms with Crippen LogP contribution in [0.4, 0.5) is 5.69 Å². The normalized spacial score (nSPS) is 11.9. The Kier molecular flexibility index (Phi) is 5.50. The molecule has 0 radical (unpaired) electrons. The van der Waals surface area contributed by atoms with Crippen LogP contribution in [0.2, 0.25) is 0 Å². The Bertz CT molecular complexity index is 849. The molecule has 0 aliphatic carbocycles. The predicted octanol–water partition coefficient (Wildman–Crippen LogP) is 4.31. The number of anilines is 1. The van der Waals surface area contributed by atoms with Gasteiger partial charge in [0, 0.05) is 11.3 Å². The van der Waals surface area contributed by atoms with E-state index in [4.69, 9.17) is 4.52 Å². The Labute approximate surface area is 150 Å². The van der Waals surface area contributed by atoms with E-state index in [0.717, 1.165) is 16.8 Å². The van der Waals surface area contributed by atoms with Crippen molar-refractivity contribution in [1.82, 2.24) is 10.1 Å². The summed E-state index contributed by atoms with van der Waals surface area (Å²) in [4.78, 5) is 16.7. The van der Waals surface area contributed by atoms with Gasteiger partial charge in [-0.05, 0) is 31.5 Å². The summed E-state index contributed by atoms with van der Waals surface area (Å²) in [6.07, 6.45) is 0. The van der Waals surface area contributed by atoms with Gasteiger partial charge in [-0.25, -0.2) is 0 Å². The minimum absolute atomic E-state index is 0.0431. The molecule has 0 bridgehead atoms. The molecule has 0 aliphatic rings. The maximum atomic E-state index is 12.3. The lowest BCUT2D eigenvalue weighted by Gasteiger charge is -2.11. The summed E-state index contributed by atoms with van der Waals surface area (Å²) in [5.41, 5.74) is 2.83. The van der Waals surface area contributed by atoms with Crippen LogP contribution in [0.3, 0.4) is 0 Å². The van der Waals surface area contributed by atoms with Crippen molar-refractivity contribution in [2.75, 3.05) is 5.32 Å². The minimum atomic E-state index is -0.229. The first-order valence-electron chi connectivity index (χ1n) is 7.99. The highest BCUT2D eigenvalue weighted by atomic mass is 32.2. The molecular formula is C19H19N3O2S. The summed E-state index contributed by atoms with van der Waals surface area (Å²) in [5, 5.41) is 6.68. The van der Waals surface area contributed by atoms with Crippen molar-refractivity contribution in [2.45, 2.75) is 24.9 Å². The summed E-state index contributed by atoms with van der Waals surface area (Å²) >= 11 is 1.46. The summed E-state index contributed by atoms with van der Waals surface area (Å²) in [6.45, 7) is 3.86. The number of aromatic nitrogens is 2. The SMILES string of the molecule is Cc1cccc(NC(=O)[C@H](C)SCc2nc(-c3ccccc3)no2)c1. The second-order valence-corrected chi connectivity index (χ2v) is 7.02. The fraction of sp³-hybridized carbons (Fsp3) is 0.211. The van der Waals surface area contributed by atoms with Gasteiger partial charge in [-0.1, -0.05) is 47.6 Å². The van der Waals surface area contributed by atoms with Gasteiger partial charge in [0.1, 0.15) is 0 Å². The van der Waals surface area contributed by atoms with Crippen LogP contribution in [0.15, 0.2) is 59.1 Å². The number of nitrogens with one attached hydrogen (secondary N) is 1. The molecule has 1 N–H and O–H groups in total. The first-order valence-corrected chi connectivity index (χ1v) is 9.04. The number of rotatable bonds is 6. The number of amides is 1. The lowest BCUT2D eigenvalue weighted by Crippen LogP contribution is -2.22. The van der Waals surface area contributed by atoms with Gasteiger partial charge in [0.2, 0.25) is 17.6 Å². The number of thioether (sulfide) groups is 1. The van der Waals surface area contributed by atoms with E-state index in [1.807, 2.05) is 68.4 Å². The molecule has 1 heterocycles. The fourth-order valence-corrected chi connectivity index (χ4v) is 2.98. The third kappa shape index (κ3) is 4.70. The molecule has 0 aliphatic heterocycles. The maximum absolute atomic E-state index is 12.3. The Hall–Kier alpha value is -2.60. The minimum Gasteiger partial charge on any atom is -0.338 e. The molecule has 0 unspecified atom stereocenters. The second kappa shape index (κ2) is 7.98. The lowest BCUT2D eigenvalue weighted by atomic mass is 10.2. The Morgan fingerprint density at radius 3 is 2.76 bits per heavy atom. The molecule has 3 aromatic rings. The fourth-order valence-electron chi connectivity index (χ4n) is 2.26. The molecule has 0 saturated heterocycles. The van der Waals surface area contributed by atoms with Crippen molar-refractivity contribution in [2.24, 2.45) is 0 Å². The zero-order chi connectivity index (χ0) is 17.6. The Morgan fingerprint density at radius 1 is 1.20 bits per heavy atom. The van der Waals surface area contributed by atoms with Crippen LogP contribution in [0.25, 0.3) is 11.4 Å². The van der Waals surface area contributed by atoms with Crippen molar-refractivity contribution in [3.05, 3.63) is 66.1 Å². The third-order valence-corrected chi connectivity index (χ3v) is 4.74. The van der Waals surface area contributed by atoms with E-state index >= 15 is 0 Å². The number of hydrogen-bond acceptors (Lipinski definition) is 5. The molecule has 0 spiro atoms. The smallest absolute Gasteiger partial charge is 0.237 e. The molecule has 0 saturated carbocycles. The van der Waals surface area contributed by atoms with Crippen molar-refractivity contribution in [3.63, 3.8) is 0 Å². The molecule has 25 heavy (non-hydrogen) atoms. The molecule has 5 nitrogen and oxygen atoms in total. The molecule has 1 atom stereocenters. The standard InChI is InChI=1S/C19H19N3O2S/c1-13-7-6-10-16(11-13)20-19(23)14(2)25-12-17-21-18(22-24-17)15-8-4-3-5-9-15/h3-11,14H,12H2,1-2H3,(H,20,23)/t14-/m0/s1. The molecule has 6 heteroatoms. The van der Waals surface area contributed by atoms with E-state index in [2.05, 4.69) is 15.5 Å². The van der Waals surface area contributed by atoms with Gasteiger partial charge in [0.15, 0.2) is 0 Å². The van der Waals surface area contributed by atoms with Crippen LogP contribution in [0.5, 0.6) is 0 Å². The van der Waals surface area contributed by atoms with Gasteiger partial charge < -0.3 is 9.84 Å².